The van der Waals surface area contributed by atoms with Gasteiger partial charge in [0.25, 0.3) is 5.91 Å². The van der Waals surface area contributed by atoms with Crippen molar-refractivity contribution in [3.63, 3.8) is 0 Å². The lowest BCUT2D eigenvalue weighted by atomic mass is 9.98. The van der Waals surface area contributed by atoms with Gasteiger partial charge in [-0.3, -0.25) is 10.1 Å². The van der Waals surface area contributed by atoms with Crippen molar-refractivity contribution >= 4 is 34.4 Å². The molecule has 1 atom stereocenters. The van der Waals surface area contributed by atoms with E-state index in [9.17, 15) is 19.5 Å². The van der Waals surface area contributed by atoms with Crippen LogP contribution < -0.4 is 10.6 Å². The molecule has 0 saturated heterocycles. The van der Waals surface area contributed by atoms with Crippen LogP contribution in [0.3, 0.4) is 0 Å². The van der Waals surface area contributed by atoms with Crippen LogP contribution in [0.2, 0.25) is 0 Å². The topological polar surface area (TPSA) is 121 Å². The second-order valence-electron chi connectivity index (χ2n) is 8.11. The Morgan fingerprint density at radius 2 is 1.71 bits per heavy atom. The molecule has 1 aliphatic rings. The van der Waals surface area contributed by atoms with Crippen LogP contribution in [0.25, 0.3) is 11.1 Å². The van der Waals surface area contributed by atoms with Crippen LogP contribution >= 0.6 is 11.3 Å². The smallest absolute Gasteiger partial charge is 0.413 e. The normalized spacial score (nSPS) is 13.1. The number of carbonyl (C=O) groups excluding carboxylic acids is 2. The average Bonchev–Trinajstić information content (AvgIpc) is 3.39. The van der Waals surface area contributed by atoms with Crippen LogP contribution in [0, 0.1) is 0 Å². The van der Waals surface area contributed by atoms with E-state index in [1.165, 1.54) is 5.38 Å². The van der Waals surface area contributed by atoms with Crippen LogP contribution in [0.5, 0.6) is 0 Å². The number of anilines is 1. The van der Waals surface area contributed by atoms with Gasteiger partial charge in [-0.1, -0.05) is 48.5 Å². The predicted molar refractivity (Wildman–Crippen MR) is 128 cm³/mol. The number of benzene rings is 2. The van der Waals surface area contributed by atoms with E-state index in [1.54, 1.807) is 19.0 Å². The van der Waals surface area contributed by atoms with Crippen molar-refractivity contribution in [2.24, 2.45) is 0 Å². The number of carbonyl (C=O) groups is 3. The summed E-state index contributed by atoms with van der Waals surface area (Å²) >= 11 is 1.05. The Bertz CT molecular complexity index is 1180. The summed E-state index contributed by atoms with van der Waals surface area (Å²) in [5, 5.41) is 15.9. The number of likely N-dealkylation sites (N-methyl/N-ethyl adjacent to an activating group) is 1. The first-order valence-corrected chi connectivity index (χ1v) is 11.5. The highest BCUT2D eigenvalue weighted by Crippen LogP contribution is 2.44. The van der Waals surface area contributed by atoms with Gasteiger partial charge in [-0.2, -0.15) is 0 Å². The molecule has 1 aliphatic carbocycles. The molecule has 2 amide bonds. The van der Waals surface area contributed by atoms with Gasteiger partial charge >= 0.3 is 12.1 Å². The van der Waals surface area contributed by atoms with Crippen LogP contribution in [-0.4, -0.2) is 66.2 Å². The molecule has 0 bridgehead atoms. The Morgan fingerprint density at radius 1 is 1.09 bits per heavy atom. The number of carboxylic acids is 1. The maximum atomic E-state index is 12.4. The Kier molecular flexibility index (Phi) is 6.90. The fraction of sp³-hybridized carbons (Fsp3) is 0.250. The fourth-order valence-electron chi connectivity index (χ4n) is 3.94. The van der Waals surface area contributed by atoms with Crippen molar-refractivity contribution in [2.75, 3.05) is 32.6 Å². The molecule has 176 valence electrons. The van der Waals surface area contributed by atoms with Gasteiger partial charge in [-0.15, -0.1) is 11.3 Å². The molecule has 1 heterocycles. The van der Waals surface area contributed by atoms with Crippen LogP contribution in [-0.2, 0) is 9.53 Å². The maximum absolute atomic E-state index is 12.4. The number of nitrogens with zero attached hydrogens (tertiary/aromatic N) is 2. The summed E-state index contributed by atoms with van der Waals surface area (Å²) in [6.07, 6.45) is -0.681. The van der Waals surface area contributed by atoms with Crippen molar-refractivity contribution in [1.82, 2.24) is 15.2 Å². The number of hydrogen-bond acceptors (Lipinski definition) is 7. The zero-order chi connectivity index (χ0) is 24.2. The summed E-state index contributed by atoms with van der Waals surface area (Å²) < 4.78 is 5.49. The van der Waals surface area contributed by atoms with Crippen molar-refractivity contribution < 1.29 is 24.2 Å². The zero-order valence-corrected chi connectivity index (χ0v) is 19.5. The number of nitrogens with one attached hydrogen (secondary N) is 2. The SMILES string of the molecule is CN(C)CC(NC(=O)c1csc(NC(=O)OCC2c3ccccc3-c3ccccc32)n1)C(=O)O. The molecule has 3 N–H and O–H groups in total. The maximum Gasteiger partial charge on any atom is 0.413 e. The predicted octanol–water partition coefficient (Wildman–Crippen LogP) is 3.25. The van der Waals surface area contributed by atoms with Gasteiger partial charge in [-0.25, -0.2) is 14.6 Å². The Labute approximate surface area is 200 Å². The van der Waals surface area contributed by atoms with E-state index in [2.05, 4.69) is 27.8 Å². The summed E-state index contributed by atoms with van der Waals surface area (Å²) in [5.74, 6) is -1.85. The molecular weight excluding hydrogens is 456 g/mol. The van der Waals surface area contributed by atoms with Gasteiger partial charge in [-0.05, 0) is 36.3 Å². The molecule has 0 spiro atoms. The number of thiazole rings is 1. The second-order valence-corrected chi connectivity index (χ2v) is 8.97. The third kappa shape index (κ3) is 5.08. The van der Waals surface area contributed by atoms with Crippen LogP contribution in [0.15, 0.2) is 53.9 Å². The largest absolute Gasteiger partial charge is 0.480 e. The second kappa shape index (κ2) is 10.0. The van der Waals surface area contributed by atoms with E-state index >= 15 is 0 Å². The van der Waals surface area contributed by atoms with Crippen molar-refractivity contribution in [2.45, 2.75) is 12.0 Å². The third-order valence-corrected chi connectivity index (χ3v) is 6.20. The lowest BCUT2D eigenvalue weighted by Crippen LogP contribution is -2.47. The average molecular weight is 481 g/mol. The molecule has 34 heavy (non-hydrogen) atoms. The minimum atomic E-state index is -1.14. The number of fused-ring (bicyclic) bond motifs is 3. The standard InChI is InChI=1S/C24H24N4O5S/c1-28(2)11-19(22(30)31)25-21(29)20-13-34-23(26-20)27-24(32)33-12-18-16-9-5-3-7-14(16)15-8-4-6-10-17(15)18/h3-10,13,18-19H,11-12H2,1-2H3,(H,25,29)(H,30,31)(H,26,27,32). The van der Waals surface area contributed by atoms with Gasteiger partial charge in [0.1, 0.15) is 18.3 Å². The molecule has 0 aliphatic heterocycles. The minimum absolute atomic E-state index is 0.0175. The Balaban J connectivity index is 1.36. The fourth-order valence-corrected chi connectivity index (χ4v) is 4.62. The number of hydrogen-bond donors (Lipinski definition) is 3. The van der Waals surface area contributed by atoms with Gasteiger partial charge in [0.05, 0.1) is 0 Å². The van der Waals surface area contributed by atoms with E-state index in [0.717, 1.165) is 33.6 Å². The van der Waals surface area contributed by atoms with Gasteiger partial charge in [0.2, 0.25) is 0 Å². The minimum Gasteiger partial charge on any atom is -0.480 e. The molecule has 1 aromatic heterocycles. The summed E-state index contributed by atoms with van der Waals surface area (Å²) in [6, 6.07) is 15.0. The molecule has 1 unspecified atom stereocenters. The molecule has 9 nitrogen and oxygen atoms in total. The number of aliphatic carboxylic acids is 1. The Morgan fingerprint density at radius 3 is 2.29 bits per heavy atom. The quantitative estimate of drug-likeness (QED) is 0.453. The molecule has 4 rings (SSSR count). The van der Waals surface area contributed by atoms with Crippen molar-refractivity contribution in [1.29, 1.82) is 0 Å². The number of ether oxygens (including phenoxy) is 1. The molecule has 0 fully saturated rings. The highest BCUT2D eigenvalue weighted by atomic mass is 32.1. The molecule has 2 aromatic carbocycles. The summed E-state index contributed by atoms with van der Waals surface area (Å²) in [6.45, 7) is 0.291. The van der Waals surface area contributed by atoms with E-state index in [1.807, 2.05) is 36.4 Å². The first-order valence-electron chi connectivity index (χ1n) is 10.6. The van der Waals surface area contributed by atoms with E-state index < -0.39 is 24.0 Å². The molecule has 10 heteroatoms. The molecule has 0 saturated carbocycles. The first-order chi connectivity index (χ1) is 16.3. The highest BCUT2D eigenvalue weighted by Gasteiger charge is 2.29. The highest BCUT2D eigenvalue weighted by molar-refractivity contribution is 7.14. The summed E-state index contributed by atoms with van der Waals surface area (Å²) in [4.78, 5) is 41.9. The third-order valence-electron chi connectivity index (χ3n) is 5.44. The lowest BCUT2D eigenvalue weighted by molar-refractivity contribution is -0.139. The lowest BCUT2D eigenvalue weighted by Gasteiger charge is -2.17. The summed E-state index contributed by atoms with van der Waals surface area (Å²) in [7, 11) is 3.42. The molecule has 3 aromatic rings. The van der Waals surface area contributed by atoms with Crippen molar-refractivity contribution in [3.05, 3.63) is 70.7 Å². The Hall–Kier alpha value is -3.76. The van der Waals surface area contributed by atoms with Crippen LogP contribution in [0.1, 0.15) is 27.5 Å². The van der Waals surface area contributed by atoms with E-state index in [0.29, 0.717) is 0 Å². The summed E-state index contributed by atoms with van der Waals surface area (Å²) in [5.41, 5.74) is 4.50. The monoisotopic (exact) mass is 480 g/mol. The van der Waals surface area contributed by atoms with E-state index in [4.69, 9.17) is 4.74 Å². The number of aromatic nitrogens is 1. The van der Waals surface area contributed by atoms with Crippen LogP contribution in [0.4, 0.5) is 9.93 Å². The zero-order valence-electron chi connectivity index (χ0n) is 18.6. The van der Waals surface area contributed by atoms with Gasteiger partial charge < -0.3 is 20.1 Å². The molecular formula is C24H24N4O5S. The first kappa shape index (κ1) is 23.4. The number of carboxylic acid groups (broad SMARTS) is 1. The molecule has 0 radical (unpaired) electrons. The van der Waals surface area contributed by atoms with Gasteiger partial charge in [0, 0.05) is 17.8 Å². The van der Waals surface area contributed by atoms with Crippen molar-refractivity contribution in [3.8, 4) is 11.1 Å². The van der Waals surface area contributed by atoms with E-state index in [-0.39, 0.29) is 29.9 Å². The van der Waals surface area contributed by atoms with Gasteiger partial charge in [0.15, 0.2) is 5.13 Å². The number of rotatable bonds is 8. The number of amides is 2.